The highest BCUT2D eigenvalue weighted by Gasteiger charge is 2.43. The summed E-state index contributed by atoms with van der Waals surface area (Å²) in [6.07, 6.45) is -0.350. The van der Waals surface area contributed by atoms with Crippen LogP contribution < -0.4 is 11.1 Å². The van der Waals surface area contributed by atoms with Crippen LogP contribution in [0.3, 0.4) is 0 Å². The number of nitrogens with one attached hydrogen (secondary N) is 1. The number of aliphatic hydroxyl groups is 2. The smallest absolute Gasteiger partial charge is 0.168 e. The van der Waals surface area contributed by atoms with Gasteiger partial charge in [-0.05, 0) is 55.5 Å². The van der Waals surface area contributed by atoms with E-state index in [0.717, 1.165) is 18.2 Å². The molecule has 2 fully saturated rings. The molecule has 0 bridgehead atoms. The second-order valence-corrected chi connectivity index (χ2v) is 9.61. The van der Waals surface area contributed by atoms with Crippen molar-refractivity contribution in [3.05, 3.63) is 64.9 Å². The lowest BCUT2D eigenvalue weighted by molar-refractivity contribution is 0.0246. The van der Waals surface area contributed by atoms with Crippen molar-refractivity contribution in [1.29, 1.82) is 0 Å². The van der Waals surface area contributed by atoms with Gasteiger partial charge in [0.1, 0.15) is 35.4 Å². The van der Waals surface area contributed by atoms with Crippen molar-refractivity contribution in [2.75, 3.05) is 11.9 Å². The molecule has 1 unspecified atom stereocenters. The molecule has 4 atom stereocenters. The van der Waals surface area contributed by atoms with Gasteiger partial charge >= 0.3 is 0 Å². The predicted molar refractivity (Wildman–Crippen MR) is 125 cm³/mol. The minimum atomic E-state index is -1.51. The van der Waals surface area contributed by atoms with Gasteiger partial charge in [0.2, 0.25) is 0 Å². The van der Waals surface area contributed by atoms with Crippen molar-refractivity contribution in [2.24, 2.45) is 12.8 Å². The van der Waals surface area contributed by atoms with E-state index in [1.54, 1.807) is 7.05 Å². The summed E-state index contributed by atoms with van der Waals surface area (Å²) in [5.74, 6) is -3.14. The minimum absolute atomic E-state index is 0.0781. The first-order valence-electron chi connectivity index (χ1n) is 11.9. The maximum absolute atomic E-state index is 14.9. The van der Waals surface area contributed by atoms with Gasteiger partial charge in [-0.2, -0.15) is 5.10 Å². The number of nitrogens with zero attached hydrogens (tertiary/aromatic N) is 3. The zero-order valence-corrected chi connectivity index (χ0v) is 20.0. The SMILES string of the molecule is Cn1ncc(NC(O)c2ccc(F)c(-c3c(F)cc(C4(O)CC4)cc3F)n2)c1[C@@H]1CC[C@@H](N)[C@H](F)CO1. The number of hydrogen-bond donors (Lipinski definition) is 4. The molecule has 2 aromatic heterocycles. The number of benzene rings is 1. The van der Waals surface area contributed by atoms with Gasteiger partial charge in [0, 0.05) is 13.1 Å². The standard InChI is InChI=1S/C25H27F4N5O3/c1-34-23(20-5-3-17(30)16(29)11-37-20)19(10-31-34)33-24(35)18-4-2-13(26)22(32-18)21-14(27)8-12(9-15(21)28)25(36)6-7-25/h2,4,8-10,16-17,20,24,33,35-36H,3,5-7,11,30H2,1H3/t16-,17-,20+,24?/m1/s1. The molecule has 1 aliphatic carbocycles. The Balaban J connectivity index is 1.41. The highest BCUT2D eigenvalue weighted by molar-refractivity contribution is 5.63. The molecule has 1 saturated carbocycles. The van der Waals surface area contributed by atoms with E-state index in [-0.39, 0.29) is 17.9 Å². The summed E-state index contributed by atoms with van der Waals surface area (Å²) in [6, 6.07) is 3.42. The van der Waals surface area contributed by atoms with Crippen LogP contribution in [-0.2, 0) is 17.4 Å². The zero-order chi connectivity index (χ0) is 26.5. The first kappa shape index (κ1) is 25.6. The van der Waals surface area contributed by atoms with E-state index in [2.05, 4.69) is 15.4 Å². The average molecular weight is 522 g/mol. The summed E-state index contributed by atoms with van der Waals surface area (Å²) in [4.78, 5) is 4.00. The number of halogens is 4. The van der Waals surface area contributed by atoms with Gasteiger partial charge in [0.05, 0.1) is 41.0 Å². The summed E-state index contributed by atoms with van der Waals surface area (Å²) >= 11 is 0. The third-order valence-electron chi connectivity index (χ3n) is 6.95. The molecule has 8 nitrogen and oxygen atoms in total. The van der Waals surface area contributed by atoms with E-state index in [1.807, 2.05) is 0 Å². The second-order valence-electron chi connectivity index (χ2n) is 9.61. The molecule has 3 aromatic rings. The fraction of sp³-hybridized carbons (Fsp3) is 0.440. The molecule has 1 aliphatic heterocycles. The van der Waals surface area contributed by atoms with Crippen LogP contribution in [0.25, 0.3) is 11.3 Å². The van der Waals surface area contributed by atoms with Gasteiger partial charge in [-0.3, -0.25) is 4.68 Å². The van der Waals surface area contributed by atoms with Crippen molar-refractivity contribution in [2.45, 2.75) is 55.8 Å². The van der Waals surface area contributed by atoms with E-state index < -0.39 is 58.9 Å². The van der Waals surface area contributed by atoms with Crippen molar-refractivity contribution in [3.63, 3.8) is 0 Å². The summed E-state index contributed by atoms with van der Waals surface area (Å²) in [7, 11) is 1.66. The lowest BCUT2D eigenvalue weighted by atomic mass is 10.0. The van der Waals surface area contributed by atoms with Gasteiger partial charge in [0.25, 0.3) is 0 Å². The lowest BCUT2D eigenvalue weighted by Gasteiger charge is -2.20. The molecule has 5 rings (SSSR count). The number of aromatic nitrogens is 3. The Morgan fingerprint density at radius 2 is 1.86 bits per heavy atom. The van der Waals surface area contributed by atoms with Gasteiger partial charge in [-0.1, -0.05) is 0 Å². The molecule has 0 amide bonds. The van der Waals surface area contributed by atoms with Crippen LogP contribution in [0, 0.1) is 17.5 Å². The van der Waals surface area contributed by atoms with Crippen LogP contribution in [-0.4, -0.2) is 43.8 Å². The Bertz CT molecular complexity index is 1280. The Hall–Kier alpha value is -3.06. The maximum Gasteiger partial charge on any atom is 0.168 e. The monoisotopic (exact) mass is 521 g/mol. The number of aryl methyl sites for hydroxylation is 1. The van der Waals surface area contributed by atoms with Crippen LogP contribution in [0.2, 0.25) is 0 Å². The van der Waals surface area contributed by atoms with E-state index >= 15 is 0 Å². The molecule has 3 heterocycles. The molecular formula is C25H27F4N5O3. The third-order valence-corrected chi connectivity index (χ3v) is 6.95. The van der Waals surface area contributed by atoms with Crippen LogP contribution in [0.5, 0.6) is 0 Å². The number of alkyl halides is 1. The third kappa shape index (κ3) is 4.93. The minimum Gasteiger partial charge on any atom is -0.385 e. The number of hydrogen-bond acceptors (Lipinski definition) is 7. The molecule has 1 saturated heterocycles. The van der Waals surface area contributed by atoms with Crippen LogP contribution in [0.1, 0.15) is 55.0 Å². The highest BCUT2D eigenvalue weighted by Crippen LogP contribution is 2.46. The highest BCUT2D eigenvalue weighted by atomic mass is 19.1. The summed E-state index contributed by atoms with van der Waals surface area (Å²) in [5, 5.41) is 28.0. The van der Waals surface area contributed by atoms with Gasteiger partial charge in [0.15, 0.2) is 6.23 Å². The molecule has 12 heteroatoms. The molecule has 0 radical (unpaired) electrons. The Morgan fingerprint density at radius 3 is 2.54 bits per heavy atom. The lowest BCUT2D eigenvalue weighted by Crippen LogP contribution is -2.32. The van der Waals surface area contributed by atoms with E-state index in [4.69, 9.17) is 10.5 Å². The molecule has 1 aromatic carbocycles. The normalized spacial score (nSPS) is 23.9. The zero-order valence-electron chi connectivity index (χ0n) is 20.0. The van der Waals surface area contributed by atoms with Gasteiger partial charge < -0.3 is 26.0 Å². The Kier molecular flexibility index (Phi) is 6.69. The number of aliphatic hydroxyl groups excluding tert-OH is 1. The van der Waals surface area contributed by atoms with Crippen LogP contribution in [0.4, 0.5) is 23.2 Å². The summed E-state index contributed by atoms with van der Waals surface area (Å²) in [6.45, 7) is -0.185. The Morgan fingerprint density at radius 1 is 1.16 bits per heavy atom. The predicted octanol–water partition coefficient (Wildman–Crippen LogP) is 3.50. The first-order chi connectivity index (χ1) is 17.6. The average Bonchev–Trinajstić information content (AvgIpc) is 3.55. The molecule has 2 aliphatic rings. The summed E-state index contributed by atoms with van der Waals surface area (Å²) in [5.41, 5.74) is 4.09. The van der Waals surface area contributed by atoms with Crippen LogP contribution >= 0.6 is 0 Å². The quantitative estimate of drug-likeness (QED) is 0.290. The largest absolute Gasteiger partial charge is 0.385 e. The van der Waals surface area contributed by atoms with Crippen LogP contribution in [0.15, 0.2) is 30.5 Å². The fourth-order valence-electron chi connectivity index (χ4n) is 4.58. The maximum atomic E-state index is 14.9. The number of rotatable bonds is 6. The molecular weight excluding hydrogens is 494 g/mol. The molecule has 0 spiro atoms. The summed E-state index contributed by atoms with van der Waals surface area (Å²) < 4.78 is 65.6. The van der Waals surface area contributed by atoms with Gasteiger partial charge in [-0.15, -0.1) is 0 Å². The number of nitrogens with two attached hydrogens (primary N) is 1. The van der Waals surface area contributed by atoms with E-state index in [1.165, 1.54) is 16.9 Å². The topological polar surface area (TPSA) is 118 Å². The van der Waals surface area contributed by atoms with Crippen molar-refractivity contribution < 1.29 is 32.5 Å². The molecule has 37 heavy (non-hydrogen) atoms. The van der Waals surface area contributed by atoms with Crippen molar-refractivity contribution in [1.82, 2.24) is 14.8 Å². The molecule has 198 valence electrons. The van der Waals surface area contributed by atoms with Crippen molar-refractivity contribution in [3.8, 4) is 11.3 Å². The van der Waals surface area contributed by atoms with E-state index in [0.29, 0.717) is 37.1 Å². The number of pyridine rings is 1. The fourth-order valence-corrected chi connectivity index (χ4v) is 4.58. The number of anilines is 1. The second kappa shape index (κ2) is 9.67. The van der Waals surface area contributed by atoms with Gasteiger partial charge in [-0.25, -0.2) is 22.5 Å². The molecule has 5 N–H and O–H groups in total. The van der Waals surface area contributed by atoms with E-state index in [9.17, 15) is 27.8 Å². The first-order valence-corrected chi connectivity index (χ1v) is 11.9. The van der Waals surface area contributed by atoms with Crippen molar-refractivity contribution >= 4 is 5.69 Å². The Labute approximate surface area is 210 Å². The number of ether oxygens (including phenoxy) is 1.